The van der Waals surface area contributed by atoms with Crippen LogP contribution in [0.5, 0.6) is 0 Å². The van der Waals surface area contributed by atoms with Crippen molar-refractivity contribution in [2.45, 2.75) is 12.5 Å². The summed E-state index contributed by atoms with van der Waals surface area (Å²) in [7, 11) is 0. The first-order chi connectivity index (χ1) is 13.1. The molecule has 0 spiro atoms. The normalized spacial score (nSPS) is 18.8. The quantitative estimate of drug-likeness (QED) is 0.658. The largest absolute Gasteiger partial charge is 0.436 e. The minimum atomic E-state index is -0.696. The van der Waals surface area contributed by atoms with Gasteiger partial charge < -0.3 is 4.74 Å². The molecule has 4 heteroatoms. The van der Waals surface area contributed by atoms with E-state index in [2.05, 4.69) is 6.07 Å². The van der Waals surface area contributed by atoms with Crippen LogP contribution >= 0.6 is 0 Å². The average molecular weight is 354 g/mol. The van der Waals surface area contributed by atoms with E-state index < -0.39 is 5.60 Å². The Kier molecular flexibility index (Phi) is 4.13. The highest BCUT2D eigenvalue weighted by atomic mass is 16.6. The van der Waals surface area contributed by atoms with Crippen LogP contribution in [-0.2, 0) is 10.3 Å². The van der Waals surface area contributed by atoms with E-state index in [4.69, 9.17) is 4.74 Å². The molecule has 1 amide bonds. The van der Waals surface area contributed by atoms with E-state index in [0.717, 1.165) is 22.4 Å². The van der Waals surface area contributed by atoms with E-state index in [-0.39, 0.29) is 6.09 Å². The summed E-state index contributed by atoms with van der Waals surface area (Å²) in [5.74, 6) is 0. The number of hydrogen-bond acceptors (Lipinski definition) is 3. The molecule has 4 rings (SSSR count). The fourth-order valence-electron chi connectivity index (χ4n) is 3.46. The van der Waals surface area contributed by atoms with E-state index in [0.29, 0.717) is 12.1 Å². The number of amides is 1. The van der Waals surface area contributed by atoms with Gasteiger partial charge in [0.05, 0.1) is 18.2 Å². The third-order valence-corrected chi connectivity index (χ3v) is 4.89. The highest BCUT2D eigenvalue weighted by molar-refractivity contribution is 5.91. The van der Waals surface area contributed by atoms with Gasteiger partial charge in [0.25, 0.3) is 0 Å². The van der Waals surface area contributed by atoms with Crippen molar-refractivity contribution in [2.75, 3.05) is 11.4 Å². The Bertz CT molecular complexity index is 1040. The Labute approximate surface area is 158 Å². The molecule has 0 saturated carbocycles. The van der Waals surface area contributed by atoms with Gasteiger partial charge in [-0.1, -0.05) is 60.7 Å². The lowest BCUT2D eigenvalue weighted by atomic mass is 9.95. The third-order valence-electron chi connectivity index (χ3n) is 4.89. The van der Waals surface area contributed by atoms with Gasteiger partial charge in [0.15, 0.2) is 5.60 Å². The first-order valence-electron chi connectivity index (χ1n) is 8.76. The number of carbonyl (C=O) groups is 1. The lowest BCUT2D eigenvalue weighted by Crippen LogP contribution is -2.29. The SMILES string of the molecule is CC1(c2ccccc2)CN(c2cccc(-c3ccccc3C#N)c2)C(=O)O1. The van der Waals surface area contributed by atoms with Gasteiger partial charge in [-0.15, -0.1) is 0 Å². The first kappa shape index (κ1) is 16.9. The molecule has 3 aromatic carbocycles. The molecule has 0 aliphatic carbocycles. The van der Waals surface area contributed by atoms with Crippen LogP contribution < -0.4 is 4.90 Å². The van der Waals surface area contributed by atoms with Crippen molar-refractivity contribution in [1.82, 2.24) is 0 Å². The summed E-state index contributed by atoms with van der Waals surface area (Å²) in [6, 6.07) is 27.1. The van der Waals surface area contributed by atoms with Gasteiger partial charge in [-0.25, -0.2) is 4.79 Å². The van der Waals surface area contributed by atoms with Crippen LogP contribution in [0.1, 0.15) is 18.1 Å². The smallest absolute Gasteiger partial charge is 0.415 e. The predicted octanol–water partition coefficient (Wildman–Crippen LogP) is 5.10. The van der Waals surface area contributed by atoms with Gasteiger partial charge in [-0.05, 0) is 41.8 Å². The van der Waals surface area contributed by atoms with E-state index in [1.54, 1.807) is 11.0 Å². The van der Waals surface area contributed by atoms with Crippen LogP contribution in [0, 0.1) is 11.3 Å². The van der Waals surface area contributed by atoms with Crippen molar-refractivity contribution in [3.05, 3.63) is 90.0 Å². The third kappa shape index (κ3) is 3.04. The minimum Gasteiger partial charge on any atom is -0.436 e. The molecule has 0 bridgehead atoms. The molecule has 132 valence electrons. The van der Waals surface area contributed by atoms with Crippen molar-refractivity contribution in [1.29, 1.82) is 5.26 Å². The van der Waals surface area contributed by atoms with Crippen LogP contribution in [0.25, 0.3) is 11.1 Å². The summed E-state index contributed by atoms with van der Waals surface area (Å²) >= 11 is 0. The van der Waals surface area contributed by atoms with Gasteiger partial charge in [-0.3, -0.25) is 4.90 Å². The van der Waals surface area contributed by atoms with Crippen LogP contribution in [0.15, 0.2) is 78.9 Å². The number of nitriles is 1. The molecule has 3 aromatic rings. The van der Waals surface area contributed by atoms with E-state index in [9.17, 15) is 10.1 Å². The summed E-state index contributed by atoms with van der Waals surface area (Å²) in [5.41, 5.74) is 3.37. The lowest BCUT2D eigenvalue weighted by molar-refractivity contribution is 0.0705. The van der Waals surface area contributed by atoms with Crippen molar-refractivity contribution in [3.63, 3.8) is 0 Å². The number of ether oxygens (including phenoxy) is 1. The highest BCUT2D eigenvalue weighted by Gasteiger charge is 2.43. The second-order valence-corrected chi connectivity index (χ2v) is 6.76. The summed E-state index contributed by atoms with van der Waals surface area (Å²) in [6.07, 6.45) is -0.368. The number of hydrogen-bond donors (Lipinski definition) is 0. The fraction of sp³-hybridized carbons (Fsp3) is 0.130. The van der Waals surface area contributed by atoms with Crippen molar-refractivity contribution < 1.29 is 9.53 Å². The van der Waals surface area contributed by atoms with Crippen LogP contribution in [0.3, 0.4) is 0 Å². The predicted molar refractivity (Wildman–Crippen MR) is 104 cm³/mol. The number of benzene rings is 3. The van der Waals surface area contributed by atoms with Gasteiger partial charge in [0.1, 0.15) is 0 Å². The maximum atomic E-state index is 12.6. The molecule has 1 fully saturated rings. The lowest BCUT2D eigenvalue weighted by Gasteiger charge is -2.22. The first-order valence-corrected chi connectivity index (χ1v) is 8.76. The molecule has 1 atom stereocenters. The number of carbonyl (C=O) groups excluding carboxylic acids is 1. The second-order valence-electron chi connectivity index (χ2n) is 6.76. The Balaban J connectivity index is 1.69. The van der Waals surface area contributed by atoms with Gasteiger partial charge in [-0.2, -0.15) is 5.26 Å². The second kappa shape index (κ2) is 6.62. The molecular formula is C23H18N2O2. The minimum absolute atomic E-state index is 0.368. The maximum Gasteiger partial charge on any atom is 0.415 e. The van der Waals surface area contributed by atoms with Crippen molar-refractivity contribution >= 4 is 11.8 Å². The molecule has 1 unspecified atom stereocenters. The Morgan fingerprint density at radius 1 is 1.00 bits per heavy atom. The van der Waals surface area contributed by atoms with E-state index >= 15 is 0 Å². The standard InChI is InChI=1S/C23H18N2O2/c1-23(19-10-3-2-4-11-19)16-25(22(26)27-23)20-12-7-9-17(14-20)21-13-6-5-8-18(21)15-24/h2-14H,16H2,1H3. The number of nitrogens with zero attached hydrogens (tertiary/aromatic N) is 2. The molecule has 0 radical (unpaired) electrons. The van der Waals surface area contributed by atoms with Gasteiger partial charge >= 0.3 is 6.09 Å². The zero-order valence-corrected chi connectivity index (χ0v) is 14.9. The fourth-order valence-corrected chi connectivity index (χ4v) is 3.46. The molecule has 1 aliphatic heterocycles. The van der Waals surface area contributed by atoms with Gasteiger partial charge in [0, 0.05) is 5.69 Å². The molecule has 1 heterocycles. The molecule has 1 aliphatic rings. The van der Waals surface area contributed by atoms with Crippen molar-refractivity contribution in [3.8, 4) is 17.2 Å². The van der Waals surface area contributed by atoms with Crippen molar-refractivity contribution in [2.24, 2.45) is 0 Å². The van der Waals surface area contributed by atoms with Crippen LogP contribution in [-0.4, -0.2) is 12.6 Å². The Morgan fingerprint density at radius 2 is 1.74 bits per heavy atom. The summed E-state index contributed by atoms with van der Waals surface area (Å²) < 4.78 is 5.73. The average Bonchev–Trinajstić information content (AvgIpc) is 3.04. The zero-order chi connectivity index (χ0) is 18.9. The highest BCUT2D eigenvalue weighted by Crippen LogP contribution is 2.36. The summed E-state index contributed by atoms with van der Waals surface area (Å²) in [4.78, 5) is 14.2. The molecular weight excluding hydrogens is 336 g/mol. The summed E-state index contributed by atoms with van der Waals surface area (Å²) in [5, 5.41) is 9.36. The monoisotopic (exact) mass is 354 g/mol. The molecule has 27 heavy (non-hydrogen) atoms. The van der Waals surface area contributed by atoms with Crippen LogP contribution in [0.4, 0.5) is 10.5 Å². The van der Waals surface area contributed by atoms with E-state index in [1.165, 1.54) is 0 Å². The zero-order valence-electron chi connectivity index (χ0n) is 14.9. The molecule has 1 saturated heterocycles. The molecule has 4 nitrogen and oxygen atoms in total. The number of anilines is 1. The summed E-state index contributed by atoms with van der Waals surface area (Å²) in [6.45, 7) is 2.36. The van der Waals surface area contributed by atoms with Crippen LogP contribution in [0.2, 0.25) is 0 Å². The number of rotatable bonds is 3. The Hall–Kier alpha value is -3.58. The molecule has 0 aromatic heterocycles. The van der Waals surface area contributed by atoms with Gasteiger partial charge in [0.2, 0.25) is 0 Å². The maximum absolute atomic E-state index is 12.6. The molecule has 0 N–H and O–H groups in total. The topological polar surface area (TPSA) is 53.3 Å². The van der Waals surface area contributed by atoms with E-state index in [1.807, 2.05) is 79.7 Å². The Morgan fingerprint density at radius 3 is 2.52 bits per heavy atom. The number of cyclic esters (lactones) is 1.